The van der Waals surface area contributed by atoms with Gasteiger partial charge in [-0.15, -0.1) is 0 Å². The number of hydrogen-bond donors (Lipinski definition) is 1. The zero-order chi connectivity index (χ0) is 22.1. The fourth-order valence-electron chi connectivity index (χ4n) is 4.53. The number of phenols is 1. The molecule has 3 aromatic rings. The van der Waals surface area contributed by atoms with Crippen molar-refractivity contribution in [3.63, 3.8) is 0 Å². The molecule has 1 N–H and O–H groups in total. The number of fused-ring (bicyclic) bond motifs is 1. The van der Waals surface area contributed by atoms with E-state index >= 15 is 0 Å². The quantitative estimate of drug-likeness (QED) is 0.572. The molecule has 1 atom stereocenters. The number of benzene rings is 2. The van der Waals surface area contributed by atoms with Crippen LogP contribution in [-0.4, -0.2) is 27.3 Å². The number of piperidine rings is 1. The maximum atomic E-state index is 13.6. The van der Waals surface area contributed by atoms with E-state index in [4.69, 9.17) is 4.74 Å². The first-order valence-corrected chi connectivity index (χ1v) is 10.8. The Morgan fingerprint density at radius 3 is 2.91 bits per heavy atom. The summed E-state index contributed by atoms with van der Waals surface area (Å²) >= 11 is 0. The maximum Gasteiger partial charge on any atom is 0.231 e. The number of allylic oxidation sites excluding steroid dienone is 1. The van der Waals surface area contributed by atoms with Gasteiger partial charge in [0.15, 0.2) is 5.76 Å². The first kappa shape index (κ1) is 20.4. The van der Waals surface area contributed by atoms with E-state index in [1.807, 2.05) is 12.3 Å². The monoisotopic (exact) mass is 430 g/mol. The molecule has 6 heteroatoms. The summed E-state index contributed by atoms with van der Waals surface area (Å²) in [6.07, 6.45) is 8.38. The van der Waals surface area contributed by atoms with E-state index in [1.165, 1.54) is 18.2 Å². The number of ketones is 1. The molecule has 3 heterocycles. The molecule has 2 aromatic carbocycles. The van der Waals surface area contributed by atoms with Crippen molar-refractivity contribution in [2.45, 2.75) is 31.8 Å². The molecule has 2 aliphatic rings. The van der Waals surface area contributed by atoms with Crippen molar-refractivity contribution in [2.75, 3.05) is 6.54 Å². The van der Waals surface area contributed by atoms with Crippen LogP contribution in [0.4, 0.5) is 4.39 Å². The lowest BCUT2D eigenvalue weighted by atomic mass is 9.95. The lowest BCUT2D eigenvalue weighted by Gasteiger charge is -2.36. The second-order valence-electron chi connectivity index (χ2n) is 8.20. The van der Waals surface area contributed by atoms with Crippen LogP contribution in [0.2, 0.25) is 0 Å². The molecule has 0 spiro atoms. The fraction of sp³-hybridized carbons (Fsp3) is 0.231. The zero-order valence-corrected chi connectivity index (χ0v) is 17.5. The third kappa shape index (κ3) is 3.89. The van der Waals surface area contributed by atoms with E-state index in [1.54, 1.807) is 30.5 Å². The lowest BCUT2D eigenvalue weighted by molar-refractivity contribution is 0.101. The molecule has 32 heavy (non-hydrogen) atoms. The Bertz CT molecular complexity index is 1190. The summed E-state index contributed by atoms with van der Waals surface area (Å²) in [5.41, 5.74) is 2.69. The van der Waals surface area contributed by atoms with E-state index in [0.29, 0.717) is 29.0 Å². The van der Waals surface area contributed by atoms with Crippen molar-refractivity contribution in [1.82, 2.24) is 9.88 Å². The minimum Gasteiger partial charge on any atom is -0.507 e. The first-order valence-electron chi connectivity index (χ1n) is 10.8. The molecule has 0 radical (unpaired) electrons. The number of Topliss-reactive ketones (excluding diaryl/α,β-unsaturated/α-hetero) is 1. The van der Waals surface area contributed by atoms with Crippen LogP contribution in [0.1, 0.15) is 52.4 Å². The van der Waals surface area contributed by atoms with Crippen molar-refractivity contribution >= 4 is 11.9 Å². The van der Waals surface area contributed by atoms with Gasteiger partial charge in [0.1, 0.15) is 17.3 Å². The molecule has 1 saturated heterocycles. The number of nitrogens with zero attached hydrogens (tertiary/aromatic N) is 2. The average Bonchev–Trinajstić information content (AvgIpc) is 3.12. The van der Waals surface area contributed by atoms with Crippen LogP contribution in [0.3, 0.4) is 0 Å². The molecule has 1 fully saturated rings. The van der Waals surface area contributed by atoms with Crippen LogP contribution < -0.4 is 4.74 Å². The molecule has 1 aromatic heterocycles. The number of phenolic OH excluding ortho intramolecular Hbond substituents is 1. The Morgan fingerprint density at radius 1 is 1.19 bits per heavy atom. The number of pyridine rings is 1. The summed E-state index contributed by atoms with van der Waals surface area (Å²) in [6.45, 7) is 1.33. The Kier molecular flexibility index (Phi) is 5.45. The van der Waals surface area contributed by atoms with Gasteiger partial charge in [-0.2, -0.15) is 0 Å². The van der Waals surface area contributed by atoms with E-state index in [9.17, 15) is 14.3 Å². The van der Waals surface area contributed by atoms with Crippen LogP contribution in [0.5, 0.6) is 11.5 Å². The van der Waals surface area contributed by atoms with Gasteiger partial charge in [0.2, 0.25) is 5.78 Å². The Balaban J connectivity index is 1.47. The van der Waals surface area contributed by atoms with Gasteiger partial charge >= 0.3 is 0 Å². The molecule has 5 nitrogen and oxygen atoms in total. The average molecular weight is 430 g/mol. The van der Waals surface area contributed by atoms with Gasteiger partial charge in [-0.05, 0) is 66.9 Å². The van der Waals surface area contributed by atoms with Crippen LogP contribution in [-0.2, 0) is 6.54 Å². The summed E-state index contributed by atoms with van der Waals surface area (Å²) in [7, 11) is 0. The van der Waals surface area contributed by atoms with Crippen molar-refractivity contribution in [2.24, 2.45) is 0 Å². The number of carbonyl (C=O) groups excluding carboxylic acids is 1. The normalized spacial score (nSPS) is 19.7. The number of ether oxygens (including phenoxy) is 1. The first-order chi connectivity index (χ1) is 15.6. The maximum absolute atomic E-state index is 13.6. The molecule has 5 rings (SSSR count). The third-order valence-corrected chi connectivity index (χ3v) is 6.11. The smallest absolute Gasteiger partial charge is 0.231 e. The summed E-state index contributed by atoms with van der Waals surface area (Å²) in [4.78, 5) is 19.5. The highest BCUT2D eigenvalue weighted by Gasteiger charge is 2.33. The Morgan fingerprint density at radius 2 is 2.09 bits per heavy atom. The molecule has 162 valence electrons. The third-order valence-electron chi connectivity index (χ3n) is 6.11. The Labute approximate surface area is 185 Å². The summed E-state index contributed by atoms with van der Waals surface area (Å²) in [5, 5.41) is 10.7. The molecule has 0 bridgehead atoms. The highest BCUT2D eigenvalue weighted by atomic mass is 19.1. The second-order valence-corrected chi connectivity index (χ2v) is 8.20. The molecule has 0 aliphatic carbocycles. The molecular formula is C26H23FN2O3. The minimum atomic E-state index is -0.382. The van der Waals surface area contributed by atoms with Gasteiger partial charge in [-0.3, -0.25) is 14.7 Å². The van der Waals surface area contributed by atoms with Crippen LogP contribution in [0.25, 0.3) is 6.08 Å². The molecule has 0 amide bonds. The van der Waals surface area contributed by atoms with E-state index < -0.39 is 0 Å². The SMILES string of the molecule is O=C1/C(=C/c2cccc(F)c2)Oc2c1ccc(O)c2CN1CCCC[C@H]1c1cccnc1. The predicted octanol–water partition coefficient (Wildman–Crippen LogP) is 5.27. The zero-order valence-electron chi connectivity index (χ0n) is 17.5. The van der Waals surface area contributed by atoms with Crippen molar-refractivity contribution in [3.8, 4) is 11.5 Å². The number of carbonyl (C=O) groups is 1. The number of rotatable bonds is 4. The van der Waals surface area contributed by atoms with Crippen LogP contribution in [0, 0.1) is 5.82 Å². The Hall–Kier alpha value is -3.51. The molecule has 2 aliphatic heterocycles. The van der Waals surface area contributed by atoms with Crippen molar-refractivity contribution < 1.29 is 19.0 Å². The number of halogens is 1. The van der Waals surface area contributed by atoms with Crippen LogP contribution in [0.15, 0.2) is 66.7 Å². The number of hydrogen-bond acceptors (Lipinski definition) is 5. The predicted molar refractivity (Wildman–Crippen MR) is 119 cm³/mol. The van der Waals surface area contributed by atoms with Gasteiger partial charge in [0.25, 0.3) is 0 Å². The molecule has 0 unspecified atom stereocenters. The van der Waals surface area contributed by atoms with Gasteiger partial charge in [-0.25, -0.2) is 4.39 Å². The summed E-state index contributed by atoms with van der Waals surface area (Å²) in [5.74, 6) is -0.0488. The van der Waals surface area contributed by atoms with E-state index in [0.717, 1.165) is 31.4 Å². The topological polar surface area (TPSA) is 62.7 Å². The van der Waals surface area contributed by atoms with Crippen molar-refractivity contribution in [1.29, 1.82) is 0 Å². The van der Waals surface area contributed by atoms with E-state index in [-0.39, 0.29) is 29.2 Å². The lowest BCUT2D eigenvalue weighted by Crippen LogP contribution is -2.33. The minimum absolute atomic E-state index is 0.0964. The largest absolute Gasteiger partial charge is 0.507 e. The highest BCUT2D eigenvalue weighted by molar-refractivity contribution is 6.15. The van der Waals surface area contributed by atoms with Gasteiger partial charge in [0.05, 0.1) is 11.1 Å². The van der Waals surface area contributed by atoms with E-state index in [2.05, 4.69) is 16.0 Å². The number of aromatic nitrogens is 1. The number of likely N-dealkylation sites (tertiary alicyclic amines) is 1. The molecule has 0 saturated carbocycles. The second kappa shape index (κ2) is 8.55. The van der Waals surface area contributed by atoms with Crippen molar-refractivity contribution in [3.05, 3.63) is 94.8 Å². The number of aromatic hydroxyl groups is 1. The summed E-state index contributed by atoms with van der Waals surface area (Å²) in [6, 6.07) is 13.3. The van der Waals surface area contributed by atoms with Gasteiger partial charge < -0.3 is 9.84 Å². The van der Waals surface area contributed by atoms with Crippen LogP contribution >= 0.6 is 0 Å². The summed E-state index contributed by atoms with van der Waals surface area (Å²) < 4.78 is 19.5. The standard InChI is InChI=1S/C26H23FN2O3/c27-19-7-3-5-17(13-19)14-24-25(31)20-9-10-23(30)21(26(20)32-24)16-29-12-2-1-8-22(29)18-6-4-11-28-15-18/h3-7,9-11,13-15,22,30H,1-2,8,12,16H2/b24-14-/t22-/m0/s1. The fourth-order valence-corrected chi connectivity index (χ4v) is 4.53. The van der Waals surface area contributed by atoms with Gasteiger partial charge in [-0.1, -0.05) is 24.6 Å². The highest BCUT2D eigenvalue weighted by Crippen LogP contribution is 2.42. The molecular weight excluding hydrogens is 407 g/mol. The van der Waals surface area contributed by atoms with Gasteiger partial charge in [0, 0.05) is 25.0 Å².